The molecule has 1 fully saturated rings. The second-order valence-electron chi connectivity index (χ2n) is 4.63. The highest BCUT2D eigenvalue weighted by Crippen LogP contribution is 2.19. The van der Waals surface area contributed by atoms with E-state index in [1.807, 2.05) is 0 Å². The third-order valence-corrected chi connectivity index (χ3v) is 3.20. The molecule has 0 atom stereocenters. The van der Waals surface area contributed by atoms with Crippen molar-refractivity contribution in [3.8, 4) is 0 Å². The van der Waals surface area contributed by atoms with Crippen molar-refractivity contribution in [3.05, 3.63) is 18.2 Å². The molecule has 0 aromatic carbocycles. The molecular weight excluding hydrogens is 232 g/mol. The summed E-state index contributed by atoms with van der Waals surface area (Å²) < 4.78 is 5.70. The van der Waals surface area contributed by atoms with Crippen LogP contribution >= 0.6 is 0 Å². The number of aromatic nitrogens is 2. The number of H-pyrrole nitrogens is 1. The number of nitrogens with one attached hydrogen (secondary N) is 2. The van der Waals surface area contributed by atoms with Crippen molar-refractivity contribution in [2.24, 2.45) is 5.73 Å². The van der Waals surface area contributed by atoms with Crippen LogP contribution in [0.4, 0.5) is 0 Å². The van der Waals surface area contributed by atoms with Gasteiger partial charge in [0, 0.05) is 12.6 Å². The van der Waals surface area contributed by atoms with E-state index < -0.39 is 0 Å². The Morgan fingerprint density at radius 1 is 1.50 bits per heavy atom. The minimum atomic E-state index is -0.151. The number of nitrogens with two attached hydrogens (primary N) is 1. The smallest absolute Gasteiger partial charge is 0.269 e. The van der Waals surface area contributed by atoms with Crippen molar-refractivity contribution in [1.29, 1.82) is 0 Å². The number of carbonyl (C=O) groups excluding carboxylic acids is 1. The van der Waals surface area contributed by atoms with Gasteiger partial charge < -0.3 is 20.8 Å². The number of nitrogens with zero attached hydrogens (tertiary/aromatic N) is 1. The summed E-state index contributed by atoms with van der Waals surface area (Å²) >= 11 is 0. The third kappa shape index (κ3) is 3.82. The first kappa shape index (κ1) is 13.0. The van der Waals surface area contributed by atoms with Crippen LogP contribution in [0.15, 0.2) is 12.5 Å². The molecular formula is C12H20N4O2. The predicted molar refractivity (Wildman–Crippen MR) is 67.1 cm³/mol. The normalized spacial score (nSPS) is 23.8. The monoisotopic (exact) mass is 252 g/mol. The van der Waals surface area contributed by atoms with E-state index in [-0.39, 0.29) is 5.91 Å². The fourth-order valence-electron chi connectivity index (χ4n) is 2.12. The summed E-state index contributed by atoms with van der Waals surface area (Å²) in [5, 5.41) is 2.77. The zero-order valence-corrected chi connectivity index (χ0v) is 10.4. The Morgan fingerprint density at radius 3 is 2.94 bits per heavy atom. The van der Waals surface area contributed by atoms with Crippen LogP contribution in [-0.4, -0.2) is 41.2 Å². The van der Waals surface area contributed by atoms with Crippen LogP contribution in [0.25, 0.3) is 0 Å². The van der Waals surface area contributed by atoms with Gasteiger partial charge in [-0.25, -0.2) is 4.98 Å². The standard InChI is InChI=1S/C12H20N4O2/c13-9-1-3-10(4-2-9)18-6-5-15-12(17)11-7-14-8-16-11/h7-10H,1-6,13H2,(H,14,16)(H,15,17). The van der Waals surface area contributed by atoms with Crippen LogP contribution in [-0.2, 0) is 4.74 Å². The van der Waals surface area contributed by atoms with E-state index in [0.717, 1.165) is 25.7 Å². The number of aromatic amines is 1. The molecule has 2 rings (SSSR count). The number of imidazole rings is 1. The summed E-state index contributed by atoms with van der Waals surface area (Å²) in [6, 6.07) is 0.338. The first-order valence-corrected chi connectivity index (χ1v) is 6.39. The van der Waals surface area contributed by atoms with Gasteiger partial charge in [0.25, 0.3) is 5.91 Å². The molecule has 0 bridgehead atoms. The Bertz CT molecular complexity index is 358. The fraction of sp³-hybridized carbons (Fsp3) is 0.667. The summed E-state index contributed by atoms with van der Waals surface area (Å²) in [4.78, 5) is 18.1. The van der Waals surface area contributed by atoms with Crippen molar-refractivity contribution in [3.63, 3.8) is 0 Å². The largest absolute Gasteiger partial charge is 0.376 e. The summed E-state index contributed by atoms with van der Waals surface area (Å²) in [6.07, 6.45) is 7.39. The highest BCUT2D eigenvalue weighted by molar-refractivity contribution is 5.91. The summed E-state index contributed by atoms with van der Waals surface area (Å²) in [6.45, 7) is 1.06. The molecule has 0 aliphatic heterocycles. The minimum Gasteiger partial charge on any atom is -0.376 e. The average molecular weight is 252 g/mol. The molecule has 0 spiro atoms. The zero-order chi connectivity index (χ0) is 12.8. The van der Waals surface area contributed by atoms with Crippen molar-refractivity contribution >= 4 is 5.91 Å². The molecule has 1 amide bonds. The lowest BCUT2D eigenvalue weighted by molar-refractivity contribution is 0.0267. The van der Waals surface area contributed by atoms with Gasteiger partial charge in [-0.05, 0) is 25.7 Å². The number of carbonyl (C=O) groups is 1. The molecule has 100 valence electrons. The highest BCUT2D eigenvalue weighted by atomic mass is 16.5. The topological polar surface area (TPSA) is 93.0 Å². The van der Waals surface area contributed by atoms with Gasteiger partial charge in [-0.1, -0.05) is 0 Å². The van der Waals surface area contributed by atoms with Crippen LogP contribution in [0, 0.1) is 0 Å². The Kier molecular flexibility index (Phi) is 4.72. The molecule has 1 saturated carbocycles. The van der Waals surface area contributed by atoms with Crippen LogP contribution in [0.5, 0.6) is 0 Å². The summed E-state index contributed by atoms with van der Waals surface area (Å²) in [7, 11) is 0. The summed E-state index contributed by atoms with van der Waals surface area (Å²) in [5.41, 5.74) is 6.29. The Labute approximate surface area is 106 Å². The Hall–Kier alpha value is -1.40. The highest BCUT2D eigenvalue weighted by Gasteiger charge is 2.18. The maximum atomic E-state index is 11.5. The van der Waals surface area contributed by atoms with Gasteiger partial charge in [-0.15, -0.1) is 0 Å². The fourth-order valence-corrected chi connectivity index (χ4v) is 2.12. The Morgan fingerprint density at radius 2 is 2.28 bits per heavy atom. The molecule has 4 N–H and O–H groups in total. The molecule has 0 unspecified atom stereocenters. The predicted octanol–water partition coefficient (Wildman–Crippen LogP) is 0.426. The van der Waals surface area contributed by atoms with Crippen LogP contribution in [0.3, 0.4) is 0 Å². The second-order valence-corrected chi connectivity index (χ2v) is 4.63. The maximum Gasteiger partial charge on any atom is 0.269 e. The van der Waals surface area contributed by atoms with Crippen LogP contribution in [0.1, 0.15) is 36.2 Å². The zero-order valence-electron chi connectivity index (χ0n) is 10.4. The van der Waals surface area contributed by atoms with E-state index >= 15 is 0 Å². The first-order valence-electron chi connectivity index (χ1n) is 6.39. The van der Waals surface area contributed by atoms with Crippen molar-refractivity contribution < 1.29 is 9.53 Å². The molecule has 1 aliphatic carbocycles. The molecule has 1 aromatic heterocycles. The van der Waals surface area contributed by atoms with Gasteiger partial charge in [-0.2, -0.15) is 0 Å². The molecule has 1 aliphatic rings. The lowest BCUT2D eigenvalue weighted by atomic mass is 9.94. The number of rotatable bonds is 5. The summed E-state index contributed by atoms with van der Waals surface area (Å²) in [5.74, 6) is -0.151. The van der Waals surface area contributed by atoms with Crippen LogP contribution in [0.2, 0.25) is 0 Å². The number of ether oxygens (including phenoxy) is 1. The van der Waals surface area contributed by atoms with E-state index in [1.165, 1.54) is 12.5 Å². The minimum absolute atomic E-state index is 0.151. The maximum absolute atomic E-state index is 11.5. The van der Waals surface area contributed by atoms with Crippen molar-refractivity contribution in [2.45, 2.75) is 37.8 Å². The molecule has 0 radical (unpaired) electrons. The van der Waals surface area contributed by atoms with Gasteiger partial charge in [0.05, 0.1) is 25.2 Å². The quantitative estimate of drug-likeness (QED) is 0.662. The van der Waals surface area contributed by atoms with E-state index in [0.29, 0.717) is 31.0 Å². The average Bonchev–Trinajstić information content (AvgIpc) is 2.90. The third-order valence-electron chi connectivity index (χ3n) is 3.20. The SMILES string of the molecule is NC1CCC(OCCNC(=O)c2cnc[nH]2)CC1. The van der Waals surface area contributed by atoms with E-state index in [2.05, 4.69) is 15.3 Å². The van der Waals surface area contributed by atoms with Crippen molar-refractivity contribution in [2.75, 3.05) is 13.2 Å². The molecule has 6 nitrogen and oxygen atoms in total. The van der Waals surface area contributed by atoms with Gasteiger partial charge in [0.1, 0.15) is 5.69 Å². The molecule has 18 heavy (non-hydrogen) atoms. The van der Waals surface area contributed by atoms with E-state index in [9.17, 15) is 4.79 Å². The van der Waals surface area contributed by atoms with Gasteiger partial charge in [-0.3, -0.25) is 4.79 Å². The molecule has 1 heterocycles. The van der Waals surface area contributed by atoms with Crippen LogP contribution < -0.4 is 11.1 Å². The Balaban J connectivity index is 1.57. The van der Waals surface area contributed by atoms with E-state index in [4.69, 9.17) is 10.5 Å². The van der Waals surface area contributed by atoms with Gasteiger partial charge >= 0.3 is 0 Å². The van der Waals surface area contributed by atoms with Crippen molar-refractivity contribution in [1.82, 2.24) is 15.3 Å². The lowest BCUT2D eigenvalue weighted by Crippen LogP contribution is -2.33. The van der Waals surface area contributed by atoms with E-state index in [1.54, 1.807) is 0 Å². The number of hydrogen-bond donors (Lipinski definition) is 3. The number of hydrogen-bond acceptors (Lipinski definition) is 4. The van der Waals surface area contributed by atoms with Gasteiger partial charge in [0.2, 0.25) is 0 Å². The lowest BCUT2D eigenvalue weighted by Gasteiger charge is -2.26. The molecule has 6 heteroatoms. The first-order chi connectivity index (χ1) is 8.75. The van der Waals surface area contributed by atoms with Gasteiger partial charge in [0.15, 0.2) is 0 Å². The number of amides is 1. The molecule has 0 saturated heterocycles. The molecule has 1 aromatic rings. The second kappa shape index (κ2) is 6.51.